The maximum Gasteiger partial charge on any atom is 0.209 e. The molecular formula is C24H32Br2N3OP. The van der Waals surface area contributed by atoms with E-state index in [1.807, 2.05) is 0 Å². The fraction of sp³-hybridized carbons (Fsp3) is 0.500. The molecule has 2 aromatic rings. The second kappa shape index (κ2) is 9.21. The number of rotatable bonds is 7. The standard InChI is InChI=1S/C24H32Br2N3OP/c1-5-29(6-2)31(30,21-15-19(27-9-7-10-27)13-17(3)23(21)25)22-16-20(28-11-8-12-28)14-18(4)24(22)26/h13-16H,5-12H2,1-4H3. The first kappa shape index (κ1) is 23.4. The molecule has 4 nitrogen and oxygen atoms in total. The van der Waals surface area contributed by atoms with Gasteiger partial charge in [-0.3, -0.25) is 4.57 Å². The van der Waals surface area contributed by atoms with Gasteiger partial charge in [-0.2, -0.15) is 0 Å². The Morgan fingerprint density at radius 2 is 1.19 bits per heavy atom. The van der Waals surface area contributed by atoms with Gasteiger partial charge in [0.2, 0.25) is 7.29 Å². The summed E-state index contributed by atoms with van der Waals surface area (Å²) in [6, 6.07) is 8.78. The Kier molecular flexibility index (Phi) is 6.94. The van der Waals surface area contributed by atoms with E-state index >= 15 is 4.57 Å². The minimum absolute atomic E-state index is 0.729. The van der Waals surface area contributed by atoms with Gasteiger partial charge in [0.1, 0.15) is 0 Å². The van der Waals surface area contributed by atoms with Crippen molar-refractivity contribution in [1.29, 1.82) is 0 Å². The van der Waals surface area contributed by atoms with E-state index in [1.165, 1.54) is 24.2 Å². The number of aryl methyl sites for hydroxylation is 2. The molecule has 2 fully saturated rings. The van der Waals surface area contributed by atoms with Gasteiger partial charge in [0.05, 0.1) is 0 Å². The largest absolute Gasteiger partial charge is 0.371 e. The van der Waals surface area contributed by atoms with Gasteiger partial charge >= 0.3 is 0 Å². The van der Waals surface area contributed by atoms with Crippen molar-refractivity contribution in [1.82, 2.24) is 4.67 Å². The molecule has 0 aromatic heterocycles. The molecule has 0 amide bonds. The van der Waals surface area contributed by atoms with Crippen molar-refractivity contribution in [2.24, 2.45) is 0 Å². The van der Waals surface area contributed by atoms with Crippen LogP contribution in [-0.4, -0.2) is 43.9 Å². The summed E-state index contributed by atoms with van der Waals surface area (Å²) < 4.78 is 19.4. The predicted molar refractivity (Wildman–Crippen MR) is 141 cm³/mol. The zero-order valence-electron chi connectivity index (χ0n) is 18.9. The quantitative estimate of drug-likeness (QED) is 0.393. The fourth-order valence-electron chi connectivity index (χ4n) is 4.48. The first-order valence-electron chi connectivity index (χ1n) is 11.3. The lowest BCUT2D eigenvalue weighted by Gasteiger charge is -2.38. The van der Waals surface area contributed by atoms with E-state index < -0.39 is 7.29 Å². The summed E-state index contributed by atoms with van der Waals surface area (Å²) in [7, 11) is -3.08. The molecule has 2 aliphatic rings. The van der Waals surface area contributed by atoms with Crippen LogP contribution in [0.3, 0.4) is 0 Å². The summed E-state index contributed by atoms with van der Waals surface area (Å²) in [6.45, 7) is 14.2. The molecule has 0 bridgehead atoms. The van der Waals surface area contributed by atoms with Crippen LogP contribution in [0.5, 0.6) is 0 Å². The van der Waals surface area contributed by atoms with Crippen molar-refractivity contribution in [2.75, 3.05) is 49.1 Å². The first-order valence-corrected chi connectivity index (χ1v) is 14.5. The monoisotopic (exact) mass is 567 g/mol. The number of hydrogen-bond donors (Lipinski definition) is 0. The second-order valence-electron chi connectivity index (χ2n) is 8.59. The van der Waals surface area contributed by atoms with Crippen molar-refractivity contribution in [3.8, 4) is 0 Å². The van der Waals surface area contributed by atoms with Gasteiger partial charge < -0.3 is 9.80 Å². The SMILES string of the molecule is CCN(CC)P(=O)(c1cc(N2CCC2)cc(C)c1Br)c1cc(N2CCC2)cc(C)c1Br. The fourth-order valence-corrected chi connectivity index (χ4v) is 9.54. The van der Waals surface area contributed by atoms with Crippen LogP contribution >= 0.6 is 39.2 Å². The highest BCUT2D eigenvalue weighted by atomic mass is 79.9. The van der Waals surface area contributed by atoms with Crippen LogP contribution in [-0.2, 0) is 4.57 Å². The molecule has 2 heterocycles. The van der Waals surface area contributed by atoms with Gasteiger partial charge in [-0.1, -0.05) is 13.8 Å². The van der Waals surface area contributed by atoms with Gasteiger partial charge in [0, 0.05) is 70.2 Å². The summed E-state index contributed by atoms with van der Waals surface area (Å²) in [5.41, 5.74) is 4.64. The first-order chi connectivity index (χ1) is 14.8. The zero-order chi connectivity index (χ0) is 22.3. The number of halogens is 2. The Labute approximate surface area is 203 Å². The molecule has 31 heavy (non-hydrogen) atoms. The highest BCUT2D eigenvalue weighted by Gasteiger charge is 2.38. The number of nitrogens with zero attached hydrogens (tertiary/aromatic N) is 3. The third-order valence-corrected chi connectivity index (χ3v) is 12.8. The summed E-state index contributed by atoms with van der Waals surface area (Å²) >= 11 is 7.67. The lowest BCUT2D eigenvalue weighted by molar-refractivity contribution is 0.458. The predicted octanol–water partition coefficient (Wildman–Crippen LogP) is 5.82. The summed E-state index contributed by atoms with van der Waals surface area (Å²) in [5, 5.41) is 1.83. The molecule has 7 heteroatoms. The number of hydrogen-bond acceptors (Lipinski definition) is 3. The molecule has 168 valence electrons. The molecule has 4 rings (SSSR count). The van der Waals surface area contributed by atoms with E-state index in [1.54, 1.807) is 0 Å². The van der Waals surface area contributed by atoms with Crippen LogP contribution < -0.4 is 20.4 Å². The molecule has 0 unspecified atom stereocenters. The van der Waals surface area contributed by atoms with E-state index in [0.29, 0.717) is 0 Å². The van der Waals surface area contributed by atoms with Crippen LogP contribution in [0.2, 0.25) is 0 Å². The highest BCUT2D eigenvalue weighted by molar-refractivity contribution is 9.11. The smallest absolute Gasteiger partial charge is 0.209 e. The van der Waals surface area contributed by atoms with Crippen molar-refractivity contribution < 1.29 is 4.57 Å². The molecule has 2 aliphatic heterocycles. The molecule has 0 saturated carbocycles. The van der Waals surface area contributed by atoms with E-state index in [0.717, 1.165) is 69.9 Å². The highest BCUT2D eigenvalue weighted by Crippen LogP contribution is 2.52. The Bertz CT molecular complexity index is 956. The summed E-state index contributed by atoms with van der Waals surface area (Å²) in [4.78, 5) is 4.76. The van der Waals surface area contributed by atoms with Gasteiger partial charge in [-0.05, 0) is 93.9 Å². The Balaban J connectivity index is 1.97. The molecule has 0 aliphatic carbocycles. The van der Waals surface area contributed by atoms with Crippen LogP contribution in [0, 0.1) is 13.8 Å². The Morgan fingerprint density at radius 3 is 1.48 bits per heavy atom. The Hall–Kier alpha value is -0.810. The third kappa shape index (κ3) is 4.03. The molecule has 0 N–H and O–H groups in total. The second-order valence-corrected chi connectivity index (χ2v) is 12.9. The van der Waals surface area contributed by atoms with Gasteiger partial charge in [-0.15, -0.1) is 0 Å². The van der Waals surface area contributed by atoms with Crippen LogP contribution in [0.4, 0.5) is 11.4 Å². The molecule has 0 spiro atoms. The molecule has 0 atom stereocenters. The summed E-state index contributed by atoms with van der Waals surface area (Å²) in [6.07, 6.45) is 2.45. The molecule has 2 saturated heterocycles. The van der Waals surface area contributed by atoms with Crippen LogP contribution in [0.1, 0.15) is 37.8 Å². The summed E-state index contributed by atoms with van der Waals surface area (Å²) in [5.74, 6) is 0. The molecular weight excluding hydrogens is 537 g/mol. The van der Waals surface area contributed by atoms with Crippen LogP contribution in [0.25, 0.3) is 0 Å². The van der Waals surface area contributed by atoms with E-state index in [9.17, 15) is 0 Å². The minimum atomic E-state index is -3.08. The van der Waals surface area contributed by atoms with Gasteiger partial charge in [-0.25, -0.2) is 4.67 Å². The van der Waals surface area contributed by atoms with Crippen molar-refractivity contribution >= 4 is 61.1 Å². The molecule has 0 radical (unpaired) electrons. The van der Waals surface area contributed by atoms with Crippen molar-refractivity contribution in [2.45, 2.75) is 40.5 Å². The van der Waals surface area contributed by atoms with E-state index in [4.69, 9.17) is 0 Å². The normalized spacial score (nSPS) is 16.5. The number of anilines is 2. The average Bonchev–Trinajstić information content (AvgIpc) is 2.65. The van der Waals surface area contributed by atoms with Crippen molar-refractivity contribution in [3.63, 3.8) is 0 Å². The third-order valence-electron chi connectivity index (χ3n) is 6.66. The molecule has 2 aromatic carbocycles. The average molecular weight is 569 g/mol. The van der Waals surface area contributed by atoms with E-state index in [2.05, 4.69) is 98.3 Å². The maximum atomic E-state index is 15.3. The lowest BCUT2D eigenvalue weighted by atomic mass is 10.1. The van der Waals surface area contributed by atoms with Gasteiger partial charge in [0.15, 0.2) is 0 Å². The van der Waals surface area contributed by atoms with Gasteiger partial charge in [0.25, 0.3) is 0 Å². The maximum absolute atomic E-state index is 15.3. The topological polar surface area (TPSA) is 26.8 Å². The lowest BCUT2D eigenvalue weighted by Crippen LogP contribution is -2.39. The Morgan fingerprint density at radius 1 is 0.806 bits per heavy atom. The zero-order valence-corrected chi connectivity index (χ0v) is 23.0. The van der Waals surface area contributed by atoms with Crippen molar-refractivity contribution in [3.05, 3.63) is 44.3 Å². The minimum Gasteiger partial charge on any atom is -0.371 e. The van der Waals surface area contributed by atoms with Crippen LogP contribution in [0.15, 0.2) is 33.2 Å². The number of benzene rings is 2. The van der Waals surface area contributed by atoms with E-state index in [-0.39, 0.29) is 0 Å².